The summed E-state index contributed by atoms with van der Waals surface area (Å²) in [5, 5.41) is 0. The summed E-state index contributed by atoms with van der Waals surface area (Å²) in [6, 6.07) is 0. The molecule has 0 bridgehead atoms. The molecule has 1 atom stereocenters. The number of hydrogen-bond donors (Lipinski definition) is 0. The van der Waals surface area contributed by atoms with Crippen LogP contribution in [0.25, 0.3) is 0 Å². The van der Waals surface area contributed by atoms with E-state index in [-0.39, 0.29) is 0 Å². The van der Waals surface area contributed by atoms with Crippen LogP contribution in [-0.4, -0.2) is 0 Å². The van der Waals surface area contributed by atoms with E-state index in [1.807, 2.05) is 0 Å². The van der Waals surface area contributed by atoms with E-state index >= 15 is 0 Å². The van der Waals surface area contributed by atoms with Crippen molar-refractivity contribution in [2.24, 2.45) is 0 Å². The van der Waals surface area contributed by atoms with Crippen LogP contribution in [-0.2, 0) is 15.0 Å². The van der Waals surface area contributed by atoms with Gasteiger partial charge in [0.05, 0.1) is 0 Å². The molecule has 0 saturated carbocycles. The second kappa shape index (κ2) is 3.84. The Balaban J connectivity index is 5.54. The fourth-order valence-corrected chi connectivity index (χ4v) is 12.6. The maximum atomic E-state index is 3.30. The van der Waals surface area contributed by atoms with E-state index in [9.17, 15) is 0 Å². The normalized spacial score (nSPS) is 17.0. The van der Waals surface area contributed by atoms with Crippen molar-refractivity contribution in [2.75, 3.05) is 0 Å². The van der Waals surface area contributed by atoms with Crippen molar-refractivity contribution >= 4 is 7.43 Å². The standard InChI is InChI=1S/3C4H9.H2P.Pd/c3*1-4(2)3;;/h3*1-3H3;1H2;/q;;;-1;+1. The Labute approximate surface area is 96.4 Å². The first-order chi connectivity index (χ1) is 5.75. The van der Waals surface area contributed by atoms with E-state index in [1.54, 1.807) is 0 Å². The monoisotopic (exact) mass is 310 g/mol. The van der Waals surface area contributed by atoms with Gasteiger partial charge in [0.2, 0.25) is 0 Å². The summed E-state index contributed by atoms with van der Waals surface area (Å²) >= 11 is -1.57. The fourth-order valence-electron chi connectivity index (χ4n) is 2.13. The SMILES string of the molecule is C[C](C)(C)[Pd]([PH2])([C](C)(C)C)[C](C)(C)C. The molecule has 0 rings (SSSR count). The molecule has 0 aliphatic heterocycles. The van der Waals surface area contributed by atoms with E-state index in [4.69, 9.17) is 0 Å². The van der Waals surface area contributed by atoms with Crippen molar-refractivity contribution in [3.63, 3.8) is 0 Å². The summed E-state index contributed by atoms with van der Waals surface area (Å²) in [7, 11) is 3.30. The zero-order valence-corrected chi connectivity index (χ0v) is 14.1. The maximum absolute atomic E-state index is 3.30. The molecule has 0 aromatic carbocycles. The Kier molecular flexibility index (Phi) is 4.14. The van der Waals surface area contributed by atoms with E-state index in [1.165, 1.54) is 0 Å². The summed E-state index contributed by atoms with van der Waals surface area (Å²) < 4.78 is 1.31. The molecule has 0 aliphatic rings. The predicted molar refractivity (Wildman–Crippen MR) is 68.9 cm³/mol. The fraction of sp³-hybridized carbons (Fsp3) is 1.00. The molecule has 0 amide bonds. The van der Waals surface area contributed by atoms with Crippen LogP contribution < -0.4 is 0 Å². The third-order valence-electron chi connectivity index (χ3n) is 2.24. The molecule has 14 heavy (non-hydrogen) atoms. The van der Waals surface area contributed by atoms with Crippen LogP contribution in [0.15, 0.2) is 0 Å². The molecular weight excluding hydrogens is 282 g/mol. The van der Waals surface area contributed by atoms with Gasteiger partial charge < -0.3 is 0 Å². The van der Waals surface area contributed by atoms with Crippen LogP contribution in [0.3, 0.4) is 0 Å². The topological polar surface area (TPSA) is 0 Å². The Hall–Kier alpha value is 1.09. The van der Waals surface area contributed by atoms with Gasteiger partial charge in [-0.2, -0.15) is 0 Å². The van der Waals surface area contributed by atoms with Gasteiger partial charge in [0, 0.05) is 0 Å². The Morgan fingerprint density at radius 2 is 0.714 bits per heavy atom. The van der Waals surface area contributed by atoms with Crippen LogP contribution in [0, 0.1) is 0 Å². The summed E-state index contributed by atoms with van der Waals surface area (Å²) in [5.41, 5.74) is 0. The van der Waals surface area contributed by atoms with Crippen molar-refractivity contribution in [1.82, 2.24) is 0 Å². The molecule has 0 aliphatic carbocycles. The molecular formula is C12H29PPd. The quantitative estimate of drug-likeness (QED) is 0.404. The van der Waals surface area contributed by atoms with Crippen molar-refractivity contribution in [1.29, 1.82) is 0 Å². The van der Waals surface area contributed by atoms with Crippen LogP contribution in [0.1, 0.15) is 62.3 Å². The predicted octanol–water partition coefficient (Wildman–Crippen LogP) is 5.59. The van der Waals surface area contributed by atoms with Gasteiger partial charge >= 0.3 is 96.4 Å². The molecule has 0 radical (unpaired) electrons. The molecule has 92 valence electrons. The molecule has 0 N–H and O–H groups in total. The van der Waals surface area contributed by atoms with Gasteiger partial charge in [-0.15, -0.1) is 0 Å². The molecule has 0 aromatic heterocycles. The summed E-state index contributed by atoms with van der Waals surface area (Å²) in [5.74, 6) is 0. The second-order valence-electron chi connectivity index (χ2n) is 6.43. The molecule has 0 saturated heterocycles. The summed E-state index contributed by atoms with van der Waals surface area (Å²) in [6.07, 6.45) is 0. The zero-order chi connectivity index (χ0) is 12.0. The summed E-state index contributed by atoms with van der Waals surface area (Å²) in [4.78, 5) is 0. The zero-order valence-electron chi connectivity index (χ0n) is 11.4. The first-order valence-corrected chi connectivity index (χ1v) is 10.5. The minimum absolute atomic E-state index is 0.436. The Bertz CT molecular complexity index is 164. The second-order valence-corrected chi connectivity index (χ2v) is 19.2. The molecule has 0 aromatic rings. The first kappa shape index (κ1) is 15.1. The van der Waals surface area contributed by atoms with Gasteiger partial charge in [0.15, 0.2) is 0 Å². The molecule has 0 spiro atoms. The molecule has 2 heteroatoms. The first-order valence-electron chi connectivity index (χ1n) is 5.16. The van der Waals surface area contributed by atoms with Crippen molar-refractivity contribution in [2.45, 2.75) is 74.0 Å². The molecule has 1 unspecified atom stereocenters. The Morgan fingerprint density at radius 1 is 0.571 bits per heavy atom. The van der Waals surface area contributed by atoms with E-state index in [2.05, 4.69) is 69.7 Å². The van der Waals surface area contributed by atoms with Crippen LogP contribution in [0.2, 0.25) is 11.7 Å². The van der Waals surface area contributed by atoms with Crippen LogP contribution >= 0.6 is 7.43 Å². The van der Waals surface area contributed by atoms with Crippen LogP contribution in [0.5, 0.6) is 0 Å². The van der Waals surface area contributed by atoms with Gasteiger partial charge in [0.1, 0.15) is 0 Å². The van der Waals surface area contributed by atoms with Gasteiger partial charge in [-0.05, 0) is 0 Å². The van der Waals surface area contributed by atoms with Crippen molar-refractivity contribution < 1.29 is 15.0 Å². The van der Waals surface area contributed by atoms with E-state index in [0.29, 0.717) is 11.7 Å². The van der Waals surface area contributed by atoms with E-state index < -0.39 is 15.0 Å². The summed E-state index contributed by atoms with van der Waals surface area (Å²) in [6.45, 7) is 21.7. The molecule has 0 heterocycles. The average molecular weight is 311 g/mol. The van der Waals surface area contributed by atoms with Gasteiger partial charge in [-0.1, -0.05) is 0 Å². The van der Waals surface area contributed by atoms with Gasteiger partial charge in [-0.3, -0.25) is 0 Å². The number of hydrogen-bond acceptors (Lipinski definition) is 0. The van der Waals surface area contributed by atoms with Gasteiger partial charge in [0.25, 0.3) is 0 Å². The third-order valence-corrected chi connectivity index (χ3v) is 23.0. The van der Waals surface area contributed by atoms with E-state index in [0.717, 1.165) is 0 Å². The Morgan fingerprint density at radius 3 is 0.714 bits per heavy atom. The number of rotatable bonds is 0. The molecule has 0 nitrogen and oxygen atoms in total. The van der Waals surface area contributed by atoms with Crippen molar-refractivity contribution in [3.05, 3.63) is 0 Å². The minimum atomic E-state index is -1.57. The average Bonchev–Trinajstić information content (AvgIpc) is 1.77. The molecule has 0 fully saturated rings. The van der Waals surface area contributed by atoms with Gasteiger partial charge in [-0.25, -0.2) is 0 Å². The van der Waals surface area contributed by atoms with Crippen molar-refractivity contribution in [3.8, 4) is 0 Å². The van der Waals surface area contributed by atoms with Crippen LogP contribution in [0.4, 0.5) is 0 Å². The third kappa shape index (κ3) is 2.43.